The minimum atomic E-state index is -0.242. The van der Waals surface area contributed by atoms with E-state index in [1.807, 2.05) is 42.6 Å². The third kappa shape index (κ3) is 2.93. The minimum Gasteiger partial charge on any atom is -0.340 e. The first kappa shape index (κ1) is 18.1. The zero-order chi connectivity index (χ0) is 20.7. The van der Waals surface area contributed by atoms with E-state index in [2.05, 4.69) is 10.1 Å². The summed E-state index contributed by atoms with van der Waals surface area (Å²) in [4.78, 5) is 34.3. The molecule has 9 nitrogen and oxygen atoms in total. The molecule has 1 saturated heterocycles. The fourth-order valence-electron chi connectivity index (χ4n) is 4.19. The molecular formula is C21H19N7O2. The summed E-state index contributed by atoms with van der Waals surface area (Å²) in [5.41, 5.74) is 3.51. The minimum absolute atomic E-state index is 0.146. The van der Waals surface area contributed by atoms with Gasteiger partial charge in [0.15, 0.2) is 5.65 Å². The molecule has 0 radical (unpaired) electrons. The Hall–Kier alpha value is -3.93. The highest BCUT2D eigenvalue weighted by molar-refractivity contribution is 5.82. The summed E-state index contributed by atoms with van der Waals surface area (Å²) < 4.78 is 3.43. The van der Waals surface area contributed by atoms with Crippen molar-refractivity contribution in [3.05, 3.63) is 53.2 Å². The molecule has 5 heterocycles. The Labute approximate surface area is 171 Å². The molecular weight excluding hydrogens is 382 g/mol. The zero-order valence-electron chi connectivity index (χ0n) is 16.2. The Kier molecular flexibility index (Phi) is 4.32. The van der Waals surface area contributed by atoms with Gasteiger partial charge in [0.05, 0.1) is 35.0 Å². The summed E-state index contributed by atoms with van der Waals surface area (Å²) >= 11 is 0. The van der Waals surface area contributed by atoms with Crippen LogP contribution in [0.4, 0.5) is 0 Å². The molecule has 0 saturated carbocycles. The van der Waals surface area contributed by atoms with Crippen molar-refractivity contribution >= 4 is 22.6 Å². The van der Waals surface area contributed by atoms with Gasteiger partial charge in [0, 0.05) is 24.8 Å². The van der Waals surface area contributed by atoms with E-state index in [4.69, 9.17) is 10.2 Å². The number of nitrogens with one attached hydrogen (secondary N) is 1. The second kappa shape index (κ2) is 7.15. The molecule has 4 aromatic heterocycles. The number of carbonyl (C=O) groups excluding carboxylic acids is 1. The summed E-state index contributed by atoms with van der Waals surface area (Å²) in [6, 6.07) is 11.3. The SMILES string of the molecule is N#CCC(=O)N1CCC[C@H](n2c(=O)[nH]c3ccc(-c4cnn5ccccc45)nc32)C1. The van der Waals surface area contributed by atoms with E-state index in [0.29, 0.717) is 24.3 Å². The maximum absolute atomic E-state index is 12.7. The Morgan fingerprint density at radius 1 is 1.30 bits per heavy atom. The monoisotopic (exact) mass is 401 g/mol. The van der Waals surface area contributed by atoms with E-state index in [0.717, 1.165) is 29.6 Å². The van der Waals surface area contributed by atoms with Gasteiger partial charge in [-0.2, -0.15) is 10.4 Å². The van der Waals surface area contributed by atoms with E-state index < -0.39 is 0 Å². The number of carbonyl (C=O) groups is 1. The molecule has 4 aromatic rings. The van der Waals surface area contributed by atoms with Crippen molar-refractivity contribution in [2.24, 2.45) is 0 Å². The summed E-state index contributed by atoms with van der Waals surface area (Å²) in [7, 11) is 0. The van der Waals surface area contributed by atoms with Crippen molar-refractivity contribution in [1.82, 2.24) is 29.0 Å². The van der Waals surface area contributed by atoms with Gasteiger partial charge >= 0.3 is 5.69 Å². The van der Waals surface area contributed by atoms with Crippen molar-refractivity contribution < 1.29 is 4.79 Å². The number of hydrogen-bond donors (Lipinski definition) is 1. The van der Waals surface area contributed by atoms with Gasteiger partial charge in [0.25, 0.3) is 0 Å². The quantitative estimate of drug-likeness (QED) is 0.565. The predicted octanol–water partition coefficient (Wildman–Crippen LogP) is 2.12. The molecule has 1 aliphatic rings. The van der Waals surface area contributed by atoms with Crippen molar-refractivity contribution in [1.29, 1.82) is 5.26 Å². The number of hydrogen-bond acceptors (Lipinski definition) is 5. The Morgan fingerprint density at radius 2 is 2.20 bits per heavy atom. The fourth-order valence-corrected chi connectivity index (χ4v) is 4.19. The normalized spacial score (nSPS) is 16.8. The van der Waals surface area contributed by atoms with E-state index >= 15 is 0 Å². The number of nitriles is 1. The van der Waals surface area contributed by atoms with Crippen LogP contribution in [0.2, 0.25) is 0 Å². The van der Waals surface area contributed by atoms with Crippen molar-refractivity contribution in [3.63, 3.8) is 0 Å². The van der Waals surface area contributed by atoms with Crippen LogP contribution >= 0.6 is 0 Å². The van der Waals surface area contributed by atoms with Crippen molar-refractivity contribution in [3.8, 4) is 17.3 Å². The van der Waals surface area contributed by atoms with Gasteiger partial charge in [-0.25, -0.2) is 14.3 Å². The predicted molar refractivity (Wildman–Crippen MR) is 110 cm³/mol. The standard InChI is InChI=1S/C21H19N7O2/c22-9-8-19(29)26-10-3-4-14(13-26)28-20-17(25-21(28)30)7-6-16(24-20)15-12-23-27-11-2-1-5-18(15)27/h1-2,5-7,11-12,14H,3-4,8,10,13H2,(H,25,30)/t14-/m0/s1. The molecule has 1 amide bonds. The Balaban J connectivity index is 1.57. The van der Waals surface area contributed by atoms with Gasteiger partial charge < -0.3 is 9.88 Å². The van der Waals surface area contributed by atoms with Crippen LogP contribution in [-0.4, -0.2) is 48.0 Å². The maximum Gasteiger partial charge on any atom is 0.327 e. The number of nitrogens with zero attached hydrogens (tertiary/aromatic N) is 6. The molecule has 5 rings (SSSR count). The zero-order valence-corrected chi connectivity index (χ0v) is 16.2. The van der Waals surface area contributed by atoms with E-state index in [9.17, 15) is 9.59 Å². The maximum atomic E-state index is 12.7. The van der Waals surface area contributed by atoms with Gasteiger partial charge in [-0.1, -0.05) is 6.07 Å². The van der Waals surface area contributed by atoms with Crippen LogP contribution in [-0.2, 0) is 4.79 Å². The first-order valence-corrected chi connectivity index (χ1v) is 9.84. The van der Waals surface area contributed by atoms with Crippen LogP contribution in [0.1, 0.15) is 25.3 Å². The smallest absolute Gasteiger partial charge is 0.327 e. The number of likely N-dealkylation sites (tertiary alicyclic amines) is 1. The molecule has 1 atom stereocenters. The molecule has 9 heteroatoms. The molecule has 1 N–H and O–H groups in total. The molecule has 0 bridgehead atoms. The van der Waals surface area contributed by atoms with Crippen LogP contribution in [0.5, 0.6) is 0 Å². The number of piperidine rings is 1. The summed E-state index contributed by atoms with van der Waals surface area (Å²) in [5.74, 6) is -0.199. The highest BCUT2D eigenvalue weighted by Crippen LogP contribution is 2.27. The number of rotatable bonds is 3. The highest BCUT2D eigenvalue weighted by Gasteiger charge is 2.27. The average Bonchev–Trinajstić information content (AvgIpc) is 3.33. The lowest BCUT2D eigenvalue weighted by atomic mass is 10.1. The first-order chi connectivity index (χ1) is 14.7. The van der Waals surface area contributed by atoms with Gasteiger partial charge in [0.2, 0.25) is 5.91 Å². The summed E-state index contributed by atoms with van der Waals surface area (Å²) in [6.07, 6.45) is 5.03. The van der Waals surface area contributed by atoms with Crippen LogP contribution < -0.4 is 5.69 Å². The molecule has 0 unspecified atom stereocenters. The lowest BCUT2D eigenvalue weighted by Crippen LogP contribution is -2.42. The lowest BCUT2D eigenvalue weighted by Gasteiger charge is -2.32. The number of H-pyrrole nitrogens is 1. The topological polar surface area (TPSA) is 112 Å². The first-order valence-electron chi connectivity index (χ1n) is 9.84. The Morgan fingerprint density at radius 3 is 3.07 bits per heavy atom. The van der Waals surface area contributed by atoms with Crippen LogP contribution in [0.3, 0.4) is 0 Å². The van der Waals surface area contributed by atoms with Crippen molar-refractivity contribution in [2.75, 3.05) is 13.1 Å². The summed E-state index contributed by atoms with van der Waals surface area (Å²) in [5, 5.41) is 13.2. The highest BCUT2D eigenvalue weighted by atomic mass is 16.2. The number of pyridine rings is 2. The Bertz CT molecular complexity index is 1360. The second-order valence-electron chi connectivity index (χ2n) is 7.43. The molecule has 0 spiro atoms. The molecule has 1 aliphatic heterocycles. The van der Waals surface area contributed by atoms with Crippen LogP contribution in [0.25, 0.3) is 27.9 Å². The van der Waals surface area contributed by atoms with E-state index in [1.54, 1.807) is 20.2 Å². The largest absolute Gasteiger partial charge is 0.340 e. The number of imidazole rings is 1. The van der Waals surface area contributed by atoms with Gasteiger partial charge in [-0.15, -0.1) is 0 Å². The average molecular weight is 401 g/mol. The molecule has 150 valence electrons. The fraction of sp³-hybridized carbons (Fsp3) is 0.286. The number of aromatic nitrogens is 5. The number of amides is 1. The van der Waals surface area contributed by atoms with Crippen LogP contribution in [0.15, 0.2) is 47.5 Å². The third-order valence-corrected chi connectivity index (χ3v) is 5.61. The number of aromatic amines is 1. The molecule has 30 heavy (non-hydrogen) atoms. The van der Waals surface area contributed by atoms with Crippen LogP contribution in [0, 0.1) is 11.3 Å². The van der Waals surface area contributed by atoms with Gasteiger partial charge in [-0.3, -0.25) is 9.36 Å². The molecule has 1 fully saturated rings. The van der Waals surface area contributed by atoms with E-state index in [1.165, 1.54) is 0 Å². The van der Waals surface area contributed by atoms with Gasteiger partial charge in [0.1, 0.15) is 6.42 Å². The third-order valence-electron chi connectivity index (χ3n) is 5.61. The second-order valence-corrected chi connectivity index (χ2v) is 7.43. The lowest BCUT2D eigenvalue weighted by molar-refractivity contribution is -0.131. The summed E-state index contributed by atoms with van der Waals surface area (Å²) in [6.45, 7) is 1.01. The number of fused-ring (bicyclic) bond motifs is 2. The van der Waals surface area contributed by atoms with E-state index in [-0.39, 0.29) is 24.1 Å². The van der Waals surface area contributed by atoms with Crippen molar-refractivity contribution in [2.45, 2.75) is 25.3 Å². The molecule has 0 aromatic carbocycles. The molecule has 0 aliphatic carbocycles. The van der Waals surface area contributed by atoms with Gasteiger partial charge in [-0.05, 0) is 37.1 Å².